The minimum Gasteiger partial charge on any atom is -0.493 e. The Hall–Kier alpha value is -2.37. The molecule has 20 heavy (non-hydrogen) atoms. The van der Waals surface area contributed by atoms with Crippen LogP contribution in [0, 0.1) is 6.92 Å². The summed E-state index contributed by atoms with van der Waals surface area (Å²) in [4.78, 5) is 11.0. The molecule has 1 aromatic heterocycles. The first-order valence-electron chi connectivity index (χ1n) is 6.52. The Morgan fingerprint density at radius 2 is 2.30 bits per heavy atom. The maximum atomic E-state index is 11.0. The Bertz CT molecular complexity index is 651. The van der Waals surface area contributed by atoms with Crippen LogP contribution in [0.15, 0.2) is 24.3 Å². The van der Waals surface area contributed by atoms with Crippen LogP contribution in [-0.4, -0.2) is 32.7 Å². The minimum absolute atomic E-state index is 0.0188. The minimum atomic E-state index is -1.04. The summed E-state index contributed by atoms with van der Waals surface area (Å²) in [5.74, 6) is 0.128. The highest BCUT2D eigenvalue weighted by atomic mass is 16.5. The van der Waals surface area contributed by atoms with Crippen LogP contribution in [0.4, 0.5) is 0 Å². The highest BCUT2D eigenvalue weighted by molar-refractivity contribution is 5.86. The number of aromatic carboxylic acids is 1. The van der Waals surface area contributed by atoms with E-state index in [9.17, 15) is 4.79 Å². The molecule has 1 aromatic carbocycles. The second kappa shape index (κ2) is 4.96. The Morgan fingerprint density at radius 3 is 3.05 bits per heavy atom. The van der Waals surface area contributed by atoms with Crippen molar-refractivity contribution in [2.45, 2.75) is 25.8 Å². The predicted molar refractivity (Wildman–Crippen MR) is 71.0 cm³/mol. The molecule has 0 saturated carbocycles. The molecule has 1 N–H and O–H groups in total. The van der Waals surface area contributed by atoms with E-state index in [1.54, 1.807) is 11.6 Å². The van der Waals surface area contributed by atoms with E-state index in [-0.39, 0.29) is 11.6 Å². The van der Waals surface area contributed by atoms with Crippen LogP contribution < -0.4 is 4.74 Å². The number of para-hydroxylation sites is 1. The zero-order valence-electron chi connectivity index (χ0n) is 11.1. The van der Waals surface area contributed by atoms with Crippen molar-refractivity contribution in [3.63, 3.8) is 0 Å². The van der Waals surface area contributed by atoms with Gasteiger partial charge >= 0.3 is 5.97 Å². The second-order valence-electron chi connectivity index (χ2n) is 4.88. The number of rotatable bonds is 3. The van der Waals surface area contributed by atoms with E-state index in [4.69, 9.17) is 9.84 Å². The van der Waals surface area contributed by atoms with Gasteiger partial charge in [0.05, 0.1) is 18.8 Å². The summed E-state index contributed by atoms with van der Waals surface area (Å²) in [5.41, 5.74) is 1.75. The molecule has 1 atom stereocenters. The molecule has 2 heterocycles. The monoisotopic (exact) mass is 273 g/mol. The fraction of sp³-hybridized carbons (Fsp3) is 0.357. The first-order valence-corrected chi connectivity index (χ1v) is 6.52. The van der Waals surface area contributed by atoms with Crippen molar-refractivity contribution < 1.29 is 14.6 Å². The molecule has 0 spiro atoms. The molecule has 0 radical (unpaired) electrons. The summed E-state index contributed by atoms with van der Waals surface area (Å²) in [5, 5.41) is 16.7. The highest BCUT2D eigenvalue weighted by Crippen LogP contribution is 2.34. The van der Waals surface area contributed by atoms with Gasteiger partial charge in [-0.1, -0.05) is 23.4 Å². The predicted octanol–water partition coefficient (Wildman–Crippen LogP) is 1.85. The Kier molecular flexibility index (Phi) is 3.14. The molecule has 2 aromatic rings. The number of ether oxygens (including phenoxy) is 1. The molecule has 6 nitrogen and oxygen atoms in total. The van der Waals surface area contributed by atoms with Crippen LogP contribution >= 0.6 is 0 Å². The fourth-order valence-corrected chi connectivity index (χ4v) is 2.55. The quantitative estimate of drug-likeness (QED) is 0.923. The van der Waals surface area contributed by atoms with Gasteiger partial charge in [0, 0.05) is 5.92 Å². The van der Waals surface area contributed by atoms with Gasteiger partial charge in [-0.15, -0.1) is 5.10 Å². The molecule has 1 aliphatic heterocycles. The molecule has 1 unspecified atom stereocenters. The summed E-state index contributed by atoms with van der Waals surface area (Å²) in [6.07, 6.45) is 0.888. The second-order valence-corrected chi connectivity index (χ2v) is 4.88. The van der Waals surface area contributed by atoms with Gasteiger partial charge in [-0.3, -0.25) is 0 Å². The van der Waals surface area contributed by atoms with E-state index in [2.05, 4.69) is 10.3 Å². The van der Waals surface area contributed by atoms with Crippen molar-refractivity contribution in [1.82, 2.24) is 15.0 Å². The van der Waals surface area contributed by atoms with Crippen LogP contribution in [0.2, 0.25) is 0 Å². The molecule has 0 amide bonds. The van der Waals surface area contributed by atoms with Gasteiger partial charge in [0.2, 0.25) is 0 Å². The lowest BCUT2D eigenvalue weighted by molar-refractivity contribution is 0.0689. The first kappa shape index (κ1) is 12.7. The maximum Gasteiger partial charge on any atom is 0.358 e. The smallest absolute Gasteiger partial charge is 0.358 e. The fourth-order valence-electron chi connectivity index (χ4n) is 2.55. The maximum absolute atomic E-state index is 11.0. The summed E-state index contributed by atoms with van der Waals surface area (Å²) < 4.78 is 7.29. The lowest BCUT2D eigenvalue weighted by Gasteiger charge is -2.25. The summed E-state index contributed by atoms with van der Waals surface area (Å²) >= 11 is 0. The molecule has 6 heteroatoms. The van der Waals surface area contributed by atoms with Crippen LogP contribution in [-0.2, 0) is 6.54 Å². The molecule has 0 bridgehead atoms. The third-order valence-corrected chi connectivity index (χ3v) is 3.66. The Labute approximate surface area is 116 Å². The average molecular weight is 273 g/mol. The first-order chi connectivity index (χ1) is 9.66. The number of hydrogen-bond acceptors (Lipinski definition) is 4. The van der Waals surface area contributed by atoms with Crippen LogP contribution in [0.5, 0.6) is 5.75 Å². The van der Waals surface area contributed by atoms with Crippen molar-refractivity contribution in [3.8, 4) is 5.75 Å². The number of nitrogens with zero attached hydrogens (tertiary/aromatic N) is 3. The number of fused-ring (bicyclic) bond motifs is 1. The van der Waals surface area contributed by atoms with Crippen molar-refractivity contribution in [3.05, 3.63) is 41.2 Å². The molecule has 0 aliphatic carbocycles. The normalized spacial score (nSPS) is 17.4. The number of hydrogen-bond donors (Lipinski definition) is 1. The van der Waals surface area contributed by atoms with E-state index < -0.39 is 5.97 Å². The Morgan fingerprint density at radius 1 is 1.50 bits per heavy atom. The van der Waals surface area contributed by atoms with Gasteiger partial charge in [-0.25, -0.2) is 9.48 Å². The van der Waals surface area contributed by atoms with Crippen molar-refractivity contribution in [2.24, 2.45) is 0 Å². The lowest BCUT2D eigenvalue weighted by Crippen LogP contribution is -2.19. The van der Waals surface area contributed by atoms with E-state index in [1.807, 2.05) is 24.3 Å². The molecular formula is C14H15N3O3. The highest BCUT2D eigenvalue weighted by Gasteiger charge is 2.24. The average Bonchev–Trinajstić information content (AvgIpc) is 2.81. The molecule has 0 saturated heterocycles. The molecule has 0 fully saturated rings. The summed E-state index contributed by atoms with van der Waals surface area (Å²) in [7, 11) is 0. The van der Waals surface area contributed by atoms with Gasteiger partial charge in [-0.2, -0.15) is 0 Å². The van der Waals surface area contributed by atoms with Crippen LogP contribution in [0.1, 0.15) is 34.1 Å². The van der Waals surface area contributed by atoms with Crippen LogP contribution in [0.3, 0.4) is 0 Å². The molecule has 1 aliphatic rings. The summed E-state index contributed by atoms with van der Waals surface area (Å²) in [6, 6.07) is 7.93. The Balaban J connectivity index is 1.88. The zero-order valence-corrected chi connectivity index (χ0v) is 11.1. The van der Waals surface area contributed by atoms with Gasteiger partial charge in [0.1, 0.15) is 5.75 Å². The van der Waals surface area contributed by atoms with Gasteiger partial charge in [0.15, 0.2) is 5.69 Å². The van der Waals surface area contributed by atoms with Crippen molar-refractivity contribution >= 4 is 5.97 Å². The van der Waals surface area contributed by atoms with E-state index in [0.717, 1.165) is 17.7 Å². The van der Waals surface area contributed by atoms with Crippen molar-refractivity contribution in [1.29, 1.82) is 0 Å². The van der Waals surface area contributed by atoms with E-state index >= 15 is 0 Å². The van der Waals surface area contributed by atoms with E-state index in [1.165, 1.54) is 0 Å². The molecule has 3 rings (SSSR count). The SMILES string of the molecule is Cc1c(C(=O)O)nnn1CC1CCOc2ccccc21. The molecular weight excluding hydrogens is 258 g/mol. The lowest BCUT2D eigenvalue weighted by atomic mass is 9.93. The number of carbonyl (C=O) groups is 1. The number of carboxylic acid groups (broad SMARTS) is 1. The number of aromatic nitrogens is 3. The van der Waals surface area contributed by atoms with Crippen LogP contribution in [0.25, 0.3) is 0 Å². The summed E-state index contributed by atoms with van der Waals surface area (Å²) in [6.45, 7) is 3.02. The largest absolute Gasteiger partial charge is 0.493 e. The van der Waals surface area contributed by atoms with Crippen molar-refractivity contribution in [2.75, 3.05) is 6.61 Å². The molecule has 104 valence electrons. The van der Waals surface area contributed by atoms with Gasteiger partial charge in [-0.05, 0) is 25.0 Å². The van der Waals surface area contributed by atoms with Gasteiger partial charge < -0.3 is 9.84 Å². The zero-order chi connectivity index (χ0) is 14.1. The standard InChI is InChI=1S/C14H15N3O3/c1-9-13(14(18)19)15-16-17(9)8-10-6-7-20-12-5-3-2-4-11(10)12/h2-5,10H,6-8H2,1H3,(H,18,19). The number of carboxylic acids is 1. The number of benzene rings is 1. The third kappa shape index (κ3) is 2.13. The van der Waals surface area contributed by atoms with E-state index in [0.29, 0.717) is 18.8 Å². The third-order valence-electron chi connectivity index (χ3n) is 3.66. The topological polar surface area (TPSA) is 77.2 Å². The van der Waals surface area contributed by atoms with Gasteiger partial charge in [0.25, 0.3) is 0 Å².